The van der Waals surface area contributed by atoms with Crippen LogP contribution in [0.5, 0.6) is 0 Å². The molecule has 0 saturated carbocycles. The van der Waals surface area contributed by atoms with E-state index in [0.29, 0.717) is 0 Å². The molecular weight excluding hydrogens is 102 g/mol. The molecule has 0 aliphatic heterocycles. The van der Waals surface area contributed by atoms with Gasteiger partial charge in [-0.05, 0) is 13.3 Å². The predicted octanol–water partition coefficient (Wildman–Crippen LogP) is 1.68. The van der Waals surface area contributed by atoms with Crippen molar-refractivity contribution in [3.05, 3.63) is 11.8 Å². The van der Waals surface area contributed by atoms with Gasteiger partial charge in [0.2, 0.25) is 0 Å². The van der Waals surface area contributed by atoms with Crippen LogP contribution < -0.4 is 0 Å². The molecule has 0 N–H and O–H groups in total. The van der Waals surface area contributed by atoms with E-state index < -0.39 is 0 Å². The zero-order valence-electron chi connectivity index (χ0n) is 5.36. The molecule has 0 heterocycles. The second kappa shape index (κ2) is 3.26. The molecule has 40 valence electrons. The van der Waals surface area contributed by atoms with E-state index in [1.807, 2.05) is 0 Å². The van der Waals surface area contributed by atoms with Gasteiger partial charge in [-0.3, -0.25) is 0 Å². The van der Waals surface area contributed by atoms with Gasteiger partial charge >= 0.3 is 0 Å². The highest BCUT2D eigenvalue weighted by Crippen LogP contribution is 2.33. The van der Waals surface area contributed by atoms with Crippen LogP contribution in [0.15, 0.2) is 11.8 Å². The van der Waals surface area contributed by atoms with Crippen molar-refractivity contribution in [3.63, 3.8) is 0 Å². The van der Waals surface area contributed by atoms with E-state index in [0.717, 1.165) is 7.28 Å². The molecule has 0 atom stereocenters. The summed E-state index contributed by atoms with van der Waals surface area (Å²) in [6.07, 6.45) is 0. The van der Waals surface area contributed by atoms with Crippen molar-refractivity contribution in [2.75, 3.05) is 13.3 Å². The normalized spacial score (nSPS) is 9.14. The number of hydrogen-bond acceptors (Lipinski definition) is 0. The summed E-state index contributed by atoms with van der Waals surface area (Å²) in [7, 11) is 1.30. The Hall–Kier alpha value is 0.235. The van der Waals surface area contributed by atoms with Crippen molar-refractivity contribution in [2.24, 2.45) is 0 Å². The average Bonchev–Trinajstić information content (AvgIpc) is 1.65. The maximum atomic E-state index is 3.90. The molecule has 0 aliphatic rings. The van der Waals surface area contributed by atoms with Crippen LogP contribution in [0.4, 0.5) is 0 Å². The Kier molecular flexibility index (Phi) is 3.37. The second-order valence-electron chi connectivity index (χ2n) is 1.81. The Labute approximate surface area is 48.0 Å². The molecule has 0 bridgehead atoms. The molecule has 0 aromatic carbocycles. The molecule has 0 unspecified atom stereocenters. The van der Waals surface area contributed by atoms with Gasteiger partial charge in [-0.1, -0.05) is 20.0 Å². The first-order valence-electron chi connectivity index (χ1n) is 2.53. The fourth-order valence-electron chi connectivity index (χ4n) is 0.316. The monoisotopic (exact) mass is 114 g/mol. The van der Waals surface area contributed by atoms with Crippen molar-refractivity contribution in [2.45, 2.75) is 6.82 Å². The van der Waals surface area contributed by atoms with Crippen LogP contribution in [-0.4, -0.2) is 20.6 Å². The summed E-state index contributed by atoms with van der Waals surface area (Å²) in [6, 6.07) is 0. The van der Waals surface area contributed by atoms with Gasteiger partial charge in [0, 0.05) is 0 Å². The smallest absolute Gasteiger partial charge is 0.105 e. The van der Waals surface area contributed by atoms with Gasteiger partial charge in [0.25, 0.3) is 0 Å². The molecule has 0 spiro atoms. The minimum absolute atomic E-state index is 0.144. The first-order valence-corrected chi connectivity index (χ1v) is 4.77. The Balaban J connectivity index is 3.35. The minimum Gasteiger partial charge on any atom is -0.105 e. The van der Waals surface area contributed by atoms with E-state index in [1.54, 1.807) is 0 Å². The molecule has 7 heavy (non-hydrogen) atoms. The maximum absolute atomic E-state index is 3.90. The third kappa shape index (κ3) is 2.88. The summed E-state index contributed by atoms with van der Waals surface area (Å²) >= 11 is 0. The highest BCUT2D eigenvalue weighted by Gasteiger charge is 1.93. The molecular formula is C5H12BP. The van der Waals surface area contributed by atoms with Crippen LogP contribution in [-0.2, 0) is 0 Å². The molecule has 0 nitrogen and oxygen atoms in total. The Morgan fingerprint density at radius 2 is 2.00 bits per heavy atom. The quantitative estimate of drug-likeness (QED) is 0.378. The first-order chi connectivity index (χ1) is 3.18. The average molecular weight is 114 g/mol. The second-order valence-corrected chi connectivity index (χ2v) is 4.24. The van der Waals surface area contributed by atoms with Gasteiger partial charge in [0.1, 0.15) is 0 Å². The lowest BCUT2D eigenvalue weighted by Gasteiger charge is -2.03. The Bertz CT molecular complexity index is 68.5. The van der Waals surface area contributed by atoms with Crippen molar-refractivity contribution >= 4 is 15.2 Å². The van der Waals surface area contributed by atoms with E-state index in [4.69, 9.17) is 0 Å². The van der Waals surface area contributed by atoms with Gasteiger partial charge < -0.3 is 0 Å². The molecule has 0 saturated heterocycles. The van der Waals surface area contributed by atoms with Crippen molar-refractivity contribution < 1.29 is 0 Å². The fraction of sp³-hybridized carbons (Fsp3) is 0.600. The molecule has 0 amide bonds. The Morgan fingerprint density at radius 3 is 2.00 bits per heavy atom. The molecule has 0 aliphatic carbocycles. The van der Waals surface area contributed by atoms with Gasteiger partial charge in [-0.25, -0.2) is 0 Å². The molecule has 0 radical (unpaired) electrons. The van der Waals surface area contributed by atoms with E-state index in [2.05, 4.69) is 26.7 Å². The largest absolute Gasteiger partial charge is 0.154 e. The lowest BCUT2D eigenvalue weighted by molar-refractivity contribution is 2.10. The fourth-order valence-corrected chi connectivity index (χ4v) is 0.949. The lowest BCUT2D eigenvalue weighted by atomic mass is 9.83. The standard InChI is InChI=1S/C5H12BP/c1-5(6-2)7(3)4/h6H,1H2,2-4H3. The summed E-state index contributed by atoms with van der Waals surface area (Å²) in [6.45, 7) is 10.5. The van der Waals surface area contributed by atoms with Gasteiger partial charge in [0.05, 0.1) is 0 Å². The molecule has 0 rings (SSSR count). The zero-order chi connectivity index (χ0) is 5.86. The van der Waals surface area contributed by atoms with Crippen LogP contribution in [0, 0.1) is 0 Å². The third-order valence-electron chi connectivity index (χ3n) is 1.04. The summed E-state index contributed by atoms with van der Waals surface area (Å²) in [4.78, 5) is 0. The Morgan fingerprint density at radius 1 is 1.57 bits per heavy atom. The SMILES string of the molecule is C=C(BC)P(C)C. The minimum atomic E-state index is 0.144. The highest BCUT2D eigenvalue weighted by atomic mass is 31.1. The van der Waals surface area contributed by atoms with Crippen LogP contribution in [0.1, 0.15) is 0 Å². The lowest BCUT2D eigenvalue weighted by Crippen LogP contribution is -1.83. The molecule has 0 fully saturated rings. The van der Waals surface area contributed by atoms with Crippen molar-refractivity contribution in [1.82, 2.24) is 0 Å². The summed E-state index contributed by atoms with van der Waals surface area (Å²) < 4.78 is 0. The van der Waals surface area contributed by atoms with Crippen LogP contribution in [0.25, 0.3) is 0 Å². The summed E-state index contributed by atoms with van der Waals surface area (Å²) in [5.41, 5.74) is 0. The van der Waals surface area contributed by atoms with E-state index in [9.17, 15) is 0 Å². The molecule has 0 aromatic heterocycles. The molecule has 2 heteroatoms. The van der Waals surface area contributed by atoms with E-state index in [-0.39, 0.29) is 7.92 Å². The van der Waals surface area contributed by atoms with Crippen LogP contribution in [0.3, 0.4) is 0 Å². The third-order valence-corrected chi connectivity index (χ3v) is 2.62. The van der Waals surface area contributed by atoms with Crippen molar-refractivity contribution in [1.29, 1.82) is 0 Å². The van der Waals surface area contributed by atoms with Gasteiger partial charge in [-0.2, -0.15) is 0 Å². The number of rotatable bonds is 2. The van der Waals surface area contributed by atoms with Crippen LogP contribution >= 0.6 is 7.92 Å². The molecule has 0 aromatic rings. The number of hydrogen-bond donors (Lipinski definition) is 0. The topological polar surface area (TPSA) is 0 Å². The summed E-state index contributed by atoms with van der Waals surface area (Å²) in [5, 5.41) is 1.41. The highest BCUT2D eigenvalue weighted by molar-refractivity contribution is 7.63. The maximum Gasteiger partial charge on any atom is 0.154 e. The van der Waals surface area contributed by atoms with E-state index >= 15 is 0 Å². The van der Waals surface area contributed by atoms with Crippen LogP contribution in [0.2, 0.25) is 6.82 Å². The zero-order valence-corrected chi connectivity index (χ0v) is 6.26. The van der Waals surface area contributed by atoms with E-state index in [1.165, 1.54) is 5.21 Å². The summed E-state index contributed by atoms with van der Waals surface area (Å²) in [5.74, 6) is 0. The van der Waals surface area contributed by atoms with Gasteiger partial charge in [0.15, 0.2) is 7.28 Å². The van der Waals surface area contributed by atoms with Gasteiger partial charge in [-0.15, -0.1) is 6.58 Å². The van der Waals surface area contributed by atoms with Crippen molar-refractivity contribution in [3.8, 4) is 0 Å². The first kappa shape index (κ1) is 7.23. The predicted molar refractivity (Wildman–Crippen MR) is 40.9 cm³/mol.